The fraction of sp³-hybridized carbons (Fsp3) is 0.467. The molecule has 1 saturated carbocycles. The maximum Gasteiger partial charge on any atom is 0.227 e. The molecule has 4 heterocycles. The van der Waals surface area contributed by atoms with Gasteiger partial charge >= 0.3 is 0 Å². The molecule has 1 aliphatic carbocycles. The predicted molar refractivity (Wildman–Crippen MR) is 147 cm³/mol. The van der Waals surface area contributed by atoms with Gasteiger partial charge < -0.3 is 14.5 Å². The minimum Gasteiger partial charge on any atom is -0.493 e. The molecule has 2 aromatic heterocycles. The molecule has 0 spiro atoms. The number of hydrogen-bond acceptors (Lipinski definition) is 6. The van der Waals surface area contributed by atoms with E-state index < -0.39 is 5.82 Å². The van der Waals surface area contributed by atoms with Gasteiger partial charge in [-0.05, 0) is 73.1 Å². The average molecular weight is 550 g/mol. The van der Waals surface area contributed by atoms with Gasteiger partial charge in [0, 0.05) is 31.9 Å². The third kappa shape index (κ3) is 6.16. The van der Waals surface area contributed by atoms with Crippen molar-refractivity contribution in [3.05, 3.63) is 76.6 Å². The Kier molecular flexibility index (Phi) is 7.64. The molecule has 2 aliphatic heterocycles. The monoisotopic (exact) mass is 549 g/mol. The van der Waals surface area contributed by atoms with E-state index in [4.69, 9.17) is 16.3 Å². The summed E-state index contributed by atoms with van der Waals surface area (Å²) in [6.07, 6.45) is 10.4. The second-order valence-electron chi connectivity index (χ2n) is 10.9. The van der Waals surface area contributed by atoms with Crippen molar-refractivity contribution in [1.82, 2.24) is 19.9 Å². The highest BCUT2D eigenvalue weighted by Gasteiger charge is 2.43. The van der Waals surface area contributed by atoms with Crippen molar-refractivity contribution in [2.45, 2.75) is 45.1 Å². The molecule has 1 amide bonds. The second kappa shape index (κ2) is 11.5. The third-order valence-electron chi connectivity index (χ3n) is 8.46. The van der Waals surface area contributed by atoms with Crippen molar-refractivity contribution in [3.8, 4) is 5.75 Å². The van der Waals surface area contributed by atoms with Gasteiger partial charge in [-0.15, -0.1) is 0 Å². The minimum absolute atomic E-state index is 0.0427. The maximum atomic E-state index is 14.8. The number of pyridine rings is 1. The SMILES string of the molecule is O=C(Cc1ccc(OCC[C@@H]2C[C@@H]2C2CCN(c3ncc(Cl)cn3)CC2)cc1F)N1CCc2cccnc2C1. The first-order valence-corrected chi connectivity index (χ1v) is 14.3. The van der Waals surface area contributed by atoms with Crippen LogP contribution in [-0.2, 0) is 24.2 Å². The molecule has 0 unspecified atom stereocenters. The number of fused-ring (bicyclic) bond motifs is 1. The number of ether oxygens (including phenoxy) is 1. The summed E-state index contributed by atoms with van der Waals surface area (Å²) in [5, 5.41) is 0.558. The van der Waals surface area contributed by atoms with Crippen LogP contribution < -0.4 is 9.64 Å². The number of carbonyl (C=O) groups excluding carboxylic acids is 1. The third-order valence-corrected chi connectivity index (χ3v) is 8.66. The van der Waals surface area contributed by atoms with Gasteiger partial charge in [-0.2, -0.15) is 0 Å². The summed E-state index contributed by atoms with van der Waals surface area (Å²) in [6.45, 7) is 3.65. The van der Waals surface area contributed by atoms with E-state index in [-0.39, 0.29) is 12.3 Å². The first-order chi connectivity index (χ1) is 19.0. The van der Waals surface area contributed by atoms with Crippen molar-refractivity contribution in [3.63, 3.8) is 0 Å². The summed E-state index contributed by atoms with van der Waals surface area (Å²) < 4.78 is 20.7. The summed E-state index contributed by atoms with van der Waals surface area (Å²) in [5.74, 6) is 2.98. The Balaban J connectivity index is 0.924. The molecule has 204 valence electrons. The molecule has 3 aromatic rings. The summed E-state index contributed by atoms with van der Waals surface area (Å²) in [5.41, 5.74) is 2.51. The van der Waals surface area contributed by atoms with E-state index in [9.17, 15) is 9.18 Å². The lowest BCUT2D eigenvalue weighted by molar-refractivity contribution is -0.131. The summed E-state index contributed by atoms with van der Waals surface area (Å²) >= 11 is 5.90. The smallest absolute Gasteiger partial charge is 0.227 e. The van der Waals surface area contributed by atoms with Crippen LogP contribution in [0.3, 0.4) is 0 Å². The lowest BCUT2D eigenvalue weighted by atomic mass is 9.90. The number of aromatic nitrogens is 3. The molecule has 9 heteroatoms. The summed E-state index contributed by atoms with van der Waals surface area (Å²) in [7, 11) is 0. The van der Waals surface area contributed by atoms with Gasteiger partial charge in [0.2, 0.25) is 11.9 Å². The molecular formula is C30H33ClFN5O2. The highest BCUT2D eigenvalue weighted by atomic mass is 35.5. The summed E-state index contributed by atoms with van der Waals surface area (Å²) in [4.78, 5) is 29.9. The fourth-order valence-corrected chi connectivity index (χ4v) is 6.21. The first kappa shape index (κ1) is 26.0. The van der Waals surface area contributed by atoms with Crippen LogP contribution in [0.25, 0.3) is 0 Å². The molecule has 0 N–H and O–H groups in total. The molecule has 0 radical (unpaired) electrons. The Morgan fingerprint density at radius 1 is 1.10 bits per heavy atom. The van der Waals surface area contributed by atoms with E-state index in [0.29, 0.717) is 41.9 Å². The molecule has 6 rings (SSSR count). The number of anilines is 1. The number of hydrogen-bond donors (Lipinski definition) is 0. The number of rotatable bonds is 8. The summed E-state index contributed by atoms with van der Waals surface area (Å²) in [6, 6.07) is 8.83. The van der Waals surface area contributed by atoms with Gasteiger partial charge in [0.25, 0.3) is 0 Å². The van der Waals surface area contributed by atoms with Crippen LogP contribution in [0, 0.1) is 23.6 Å². The van der Waals surface area contributed by atoms with Crippen molar-refractivity contribution in [2.75, 3.05) is 31.1 Å². The Hall–Kier alpha value is -3.26. The standard InChI is InChI=1S/C30H33ClFN5O2/c31-24-17-34-30(35-18-24)36-10-5-20(6-11-36)26-14-22(26)8-13-39-25-4-3-23(27(32)16-25)15-29(38)37-12-7-21-2-1-9-33-28(21)19-37/h1-4,9,16-18,20,22,26H,5-8,10-15,19H2/t22-,26-/m1/s1. The lowest BCUT2D eigenvalue weighted by Crippen LogP contribution is -2.37. The van der Waals surface area contributed by atoms with Crippen LogP contribution in [0.2, 0.25) is 5.02 Å². The predicted octanol–water partition coefficient (Wildman–Crippen LogP) is 5.11. The zero-order chi connectivity index (χ0) is 26.8. The van der Waals surface area contributed by atoms with E-state index in [1.807, 2.05) is 6.07 Å². The van der Waals surface area contributed by atoms with Crippen molar-refractivity contribution >= 4 is 23.5 Å². The Bertz CT molecular complexity index is 1310. The van der Waals surface area contributed by atoms with Crippen molar-refractivity contribution < 1.29 is 13.9 Å². The second-order valence-corrected chi connectivity index (χ2v) is 11.4. The number of halogens is 2. The van der Waals surface area contributed by atoms with E-state index in [2.05, 4.69) is 25.9 Å². The first-order valence-electron chi connectivity index (χ1n) is 13.9. The van der Waals surface area contributed by atoms with E-state index in [1.54, 1.807) is 35.6 Å². The van der Waals surface area contributed by atoms with Gasteiger partial charge in [0.05, 0.1) is 42.7 Å². The van der Waals surface area contributed by atoms with Gasteiger partial charge in [-0.25, -0.2) is 14.4 Å². The highest BCUT2D eigenvalue weighted by molar-refractivity contribution is 6.30. The molecule has 39 heavy (non-hydrogen) atoms. The zero-order valence-electron chi connectivity index (χ0n) is 21.9. The van der Waals surface area contributed by atoms with Crippen LogP contribution in [0.1, 0.15) is 42.5 Å². The Morgan fingerprint density at radius 3 is 2.72 bits per heavy atom. The molecule has 1 saturated heterocycles. The van der Waals surface area contributed by atoms with Gasteiger partial charge in [0.1, 0.15) is 11.6 Å². The Labute approximate surface area is 233 Å². The quantitative estimate of drug-likeness (QED) is 0.389. The molecule has 1 aromatic carbocycles. The minimum atomic E-state index is -0.392. The maximum absolute atomic E-state index is 14.8. The fourth-order valence-electron chi connectivity index (χ4n) is 6.11. The van der Waals surface area contributed by atoms with E-state index >= 15 is 0 Å². The molecular weight excluding hydrogens is 517 g/mol. The number of carbonyl (C=O) groups is 1. The highest BCUT2D eigenvalue weighted by Crippen LogP contribution is 2.49. The van der Waals surface area contributed by atoms with Crippen LogP contribution in [0.5, 0.6) is 5.75 Å². The largest absolute Gasteiger partial charge is 0.493 e. The molecule has 0 bridgehead atoms. The molecule has 2 fully saturated rings. The van der Waals surface area contributed by atoms with Crippen LogP contribution in [0.4, 0.5) is 10.3 Å². The van der Waals surface area contributed by atoms with E-state index in [0.717, 1.165) is 62.3 Å². The average Bonchev–Trinajstić information content (AvgIpc) is 3.74. The number of benzene rings is 1. The number of amides is 1. The Morgan fingerprint density at radius 2 is 1.92 bits per heavy atom. The molecule has 3 aliphatic rings. The number of piperidine rings is 1. The van der Waals surface area contributed by atoms with Crippen LogP contribution in [0.15, 0.2) is 48.9 Å². The van der Waals surface area contributed by atoms with Gasteiger partial charge in [-0.1, -0.05) is 23.7 Å². The number of nitrogens with zero attached hydrogens (tertiary/aromatic N) is 5. The van der Waals surface area contributed by atoms with Crippen LogP contribution in [-0.4, -0.2) is 52.0 Å². The van der Waals surface area contributed by atoms with Gasteiger partial charge in [-0.3, -0.25) is 9.78 Å². The lowest BCUT2D eigenvalue weighted by Gasteiger charge is -2.32. The topological polar surface area (TPSA) is 71.5 Å². The van der Waals surface area contributed by atoms with Crippen LogP contribution >= 0.6 is 11.6 Å². The van der Waals surface area contributed by atoms with Gasteiger partial charge in [0.15, 0.2) is 0 Å². The van der Waals surface area contributed by atoms with Crippen molar-refractivity contribution in [1.29, 1.82) is 0 Å². The zero-order valence-corrected chi connectivity index (χ0v) is 22.7. The molecule has 7 nitrogen and oxygen atoms in total. The normalized spacial score (nSPS) is 21.0. The van der Waals surface area contributed by atoms with Crippen molar-refractivity contribution in [2.24, 2.45) is 17.8 Å². The molecule has 2 atom stereocenters. The van der Waals surface area contributed by atoms with E-state index in [1.165, 1.54) is 18.1 Å².